The Morgan fingerprint density at radius 2 is 1.79 bits per heavy atom. The monoisotopic (exact) mass is 530 g/mol. The van der Waals surface area contributed by atoms with Crippen LogP contribution in [0.5, 0.6) is 5.75 Å². The molecular formula is C24H25F3N8O3. The van der Waals surface area contributed by atoms with Crippen LogP contribution in [0.2, 0.25) is 0 Å². The Morgan fingerprint density at radius 3 is 2.45 bits per heavy atom. The van der Waals surface area contributed by atoms with Gasteiger partial charge in [-0.15, -0.1) is 13.2 Å². The summed E-state index contributed by atoms with van der Waals surface area (Å²) < 4.78 is 42.9. The van der Waals surface area contributed by atoms with E-state index in [2.05, 4.69) is 35.2 Å². The van der Waals surface area contributed by atoms with Gasteiger partial charge in [-0.3, -0.25) is 19.5 Å². The van der Waals surface area contributed by atoms with Gasteiger partial charge in [-0.2, -0.15) is 0 Å². The summed E-state index contributed by atoms with van der Waals surface area (Å²) >= 11 is 0. The number of likely N-dealkylation sites (N-methyl/N-ethyl adjacent to an activating group) is 1. The first-order chi connectivity index (χ1) is 18.1. The Morgan fingerprint density at radius 1 is 1.03 bits per heavy atom. The first-order valence-electron chi connectivity index (χ1n) is 11.5. The third-order valence-electron chi connectivity index (χ3n) is 5.67. The van der Waals surface area contributed by atoms with Crippen LogP contribution in [-0.2, 0) is 4.79 Å². The molecule has 14 heteroatoms. The summed E-state index contributed by atoms with van der Waals surface area (Å²) in [6, 6.07) is 6.54. The Hall–Kier alpha value is -4.30. The number of halogens is 3. The summed E-state index contributed by atoms with van der Waals surface area (Å²) in [6.45, 7) is 2.82. The normalized spacial score (nSPS) is 14.6. The Bertz CT molecular complexity index is 1300. The second-order valence-corrected chi connectivity index (χ2v) is 8.60. The molecule has 200 valence electrons. The highest BCUT2D eigenvalue weighted by Crippen LogP contribution is 2.31. The summed E-state index contributed by atoms with van der Waals surface area (Å²) in [6.07, 6.45) is -0.717. The van der Waals surface area contributed by atoms with Gasteiger partial charge in [0.1, 0.15) is 5.82 Å². The zero-order valence-electron chi connectivity index (χ0n) is 20.3. The molecule has 2 aromatic heterocycles. The molecule has 0 bridgehead atoms. The van der Waals surface area contributed by atoms with Crippen molar-refractivity contribution in [1.82, 2.24) is 24.8 Å². The number of benzene rings is 1. The Kier molecular flexibility index (Phi) is 8.02. The number of nitrogens with one attached hydrogen (secondary N) is 2. The first-order valence-corrected chi connectivity index (χ1v) is 11.5. The van der Waals surface area contributed by atoms with Crippen LogP contribution in [0.4, 0.5) is 30.5 Å². The number of hydrogen-bond acceptors (Lipinski definition) is 9. The predicted octanol–water partition coefficient (Wildman–Crippen LogP) is 2.46. The van der Waals surface area contributed by atoms with Crippen molar-refractivity contribution >= 4 is 29.1 Å². The maximum absolute atomic E-state index is 12.9. The van der Waals surface area contributed by atoms with Gasteiger partial charge in [-0.1, -0.05) is 0 Å². The lowest BCUT2D eigenvalue weighted by atomic mass is 10.1. The molecule has 0 unspecified atom stereocenters. The quantitative estimate of drug-likeness (QED) is 0.420. The van der Waals surface area contributed by atoms with Crippen LogP contribution in [0.15, 0.2) is 48.9 Å². The zero-order valence-corrected chi connectivity index (χ0v) is 20.3. The third-order valence-corrected chi connectivity index (χ3v) is 5.67. The van der Waals surface area contributed by atoms with Gasteiger partial charge in [0, 0.05) is 43.5 Å². The molecule has 0 atom stereocenters. The zero-order chi connectivity index (χ0) is 27.3. The van der Waals surface area contributed by atoms with Crippen LogP contribution in [0.25, 0.3) is 11.3 Å². The number of hydrogen-bond donors (Lipinski definition) is 3. The molecule has 3 heterocycles. The average molecular weight is 531 g/mol. The minimum absolute atomic E-state index is 0.0131. The summed E-state index contributed by atoms with van der Waals surface area (Å²) in [4.78, 5) is 41.7. The smallest absolute Gasteiger partial charge is 0.404 e. The highest BCUT2D eigenvalue weighted by Gasteiger charge is 2.32. The van der Waals surface area contributed by atoms with Gasteiger partial charge in [-0.25, -0.2) is 9.97 Å². The van der Waals surface area contributed by atoms with Gasteiger partial charge in [-0.05, 0) is 37.4 Å². The molecule has 1 aromatic carbocycles. The second kappa shape index (κ2) is 11.4. The number of rotatable bonds is 7. The molecule has 4 rings (SSSR count). The van der Waals surface area contributed by atoms with Crippen LogP contribution in [-0.4, -0.2) is 82.7 Å². The van der Waals surface area contributed by atoms with Gasteiger partial charge in [0.15, 0.2) is 11.6 Å². The number of anilines is 3. The van der Waals surface area contributed by atoms with Gasteiger partial charge in [0.05, 0.1) is 30.3 Å². The molecule has 0 spiro atoms. The molecule has 1 saturated heterocycles. The number of ether oxygens (including phenoxy) is 1. The molecule has 0 aliphatic carbocycles. The summed E-state index contributed by atoms with van der Waals surface area (Å²) in [5, 5.41) is 4.97. The van der Waals surface area contributed by atoms with E-state index in [9.17, 15) is 22.8 Å². The molecule has 1 aliphatic heterocycles. The molecule has 0 saturated carbocycles. The van der Waals surface area contributed by atoms with Crippen molar-refractivity contribution in [3.05, 3.63) is 54.5 Å². The number of carbonyl (C=O) groups excluding carboxylic acids is 2. The SMILES string of the molecule is CN1CCN(CC(=O)Nc2cc(C(=O)Nc3cnc(-c4ccnc(N)c4)cn3)ccc2OC(F)(F)F)CC1. The van der Waals surface area contributed by atoms with E-state index < -0.39 is 23.9 Å². The van der Waals surface area contributed by atoms with E-state index in [-0.39, 0.29) is 23.6 Å². The number of carbonyl (C=O) groups is 2. The fourth-order valence-corrected chi connectivity index (χ4v) is 3.72. The highest BCUT2D eigenvalue weighted by molar-refractivity contribution is 6.05. The predicted molar refractivity (Wildman–Crippen MR) is 133 cm³/mol. The van der Waals surface area contributed by atoms with Crippen molar-refractivity contribution in [3.63, 3.8) is 0 Å². The van der Waals surface area contributed by atoms with Crippen molar-refractivity contribution in [2.75, 3.05) is 56.1 Å². The van der Waals surface area contributed by atoms with Gasteiger partial charge in [0.2, 0.25) is 5.91 Å². The van der Waals surface area contributed by atoms with Crippen molar-refractivity contribution in [2.45, 2.75) is 6.36 Å². The third kappa shape index (κ3) is 7.36. The fourth-order valence-electron chi connectivity index (χ4n) is 3.72. The van der Waals surface area contributed by atoms with E-state index in [1.807, 2.05) is 11.9 Å². The lowest BCUT2D eigenvalue weighted by Gasteiger charge is -2.31. The van der Waals surface area contributed by atoms with Crippen LogP contribution < -0.4 is 21.1 Å². The maximum atomic E-state index is 12.9. The molecule has 11 nitrogen and oxygen atoms in total. The molecule has 1 aliphatic rings. The van der Waals surface area contributed by atoms with Crippen LogP contribution in [0, 0.1) is 0 Å². The van der Waals surface area contributed by atoms with Crippen molar-refractivity contribution in [3.8, 4) is 17.0 Å². The largest absolute Gasteiger partial charge is 0.573 e. The van der Waals surface area contributed by atoms with E-state index in [4.69, 9.17) is 5.73 Å². The minimum Gasteiger partial charge on any atom is -0.404 e. The number of piperazine rings is 1. The topological polar surface area (TPSA) is 139 Å². The van der Waals surface area contributed by atoms with Crippen LogP contribution in [0.3, 0.4) is 0 Å². The fraction of sp³-hybridized carbons (Fsp3) is 0.292. The maximum Gasteiger partial charge on any atom is 0.573 e. The minimum atomic E-state index is -4.99. The number of amides is 2. The number of nitrogens with zero attached hydrogens (tertiary/aromatic N) is 5. The molecule has 2 amide bonds. The summed E-state index contributed by atoms with van der Waals surface area (Å²) in [7, 11) is 1.96. The lowest BCUT2D eigenvalue weighted by molar-refractivity contribution is -0.274. The van der Waals surface area contributed by atoms with E-state index in [1.54, 1.807) is 12.1 Å². The highest BCUT2D eigenvalue weighted by atomic mass is 19.4. The molecule has 3 aromatic rings. The average Bonchev–Trinajstić information content (AvgIpc) is 2.86. The van der Waals surface area contributed by atoms with Gasteiger partial charge >= 0.3 is 6.36 Å². The Balaban J connectivity index is 1.47. The number of alkyl halides is 3. The molecule has 4 N–H and O–H groups in total. The van der Waals surface area contributed by atoms with Crippen molar-refractivity contribution in [1.29, 1.82) is 0 Å². The summed E-state index contributed by atoms with van der Waals surface area (Å²) in [5.41, 5.74) is 6.54. The number of aromatic nitrogens is 3. The van der Waals surface area contributed by atoms with Crippen LogP contribution >= 0.6 is 0 Å². The number of nitrogen functional groups attached to an aromatic ring is 1. The van der Waals surface area contributed by atoms with E-state index in [0.717, 1.165) is 31.3 Å². The van der Waals surface area contributed by atoms with Gasteiger partial charge < -0.3 is 26.0 Å². The molecule has 0 radical (unpaired) electrons. The number of nitrogens with two attached hydrogens (primary N) is 1. The lowest BCUT2D eigenvalue weighted by Crippen LogP contribution is -2.47. The standard InChI is InChI=1S/C24H25F3N8O3/c1-34-6-8-35(9-7-34)14-22(36)32-17-10-16(2-3-19(17)38-24(25,26)27)23(37)33-21-13-30-18(12-31-21)15-4-5-29-20(28)11-15/h2-5,10-13H,6-9,14H2,1H3,(H2,28,29)(H,32,36)(H,31,33,37). The van der Waals surface area contributed by atoms with Crippen molar-refractivity contribution < 1.29 is 27.5 Å². The van der Waals surface area contributed by atoms with E-state index in [1.165, 1.54) is 18.6 Å². The van der Waals surface area contributed by atoms with Crippen LogP contribution in [0.1, 0.15) is 10.4 Å². The number of pyridine rings is 1. The van der Waals surface area contributed by atoms with Gasteiger partial charge in [0.25, 0.3) is 5.91 Å². The van der Waals surface area contributed by atoms with E-state index in [0.29, 0.717) is 30.2 Å². The second-order valence-electron chi connectivity index (χ2n) is 8.60. The molecular weight excluding hydrogens is 505 g/mol. The Labute approximate surface area is 215 Å². The first kappa shape index (κ1) is 26.8. The molecule has 1 fully saturated rings. The summed E-state index contributed by atoms with van der Waals surface area (Å²) in [5.74, 6) is -1.42. The van der Waals surface area contributed by atoms with Crippen molar-refractivity contribution in [2.24, 2.45) is 0 Å². The molecule has 38 heavy (non-hydrogen) atoms. The van der Waals surface area contributed by atoms with E-state index >= 15 is 0 Å².